The Morgan fingerprint density at radius 1 is 1.00 bits per heavy atom. The number of halogens is 3. The van der Waals surface area contributed by atoms with Crippen LogP contribution in [0.4, 0.5) is 13.2 Å². The lowest BCUT2D eigenvalue weighted by Crippen LogP contribution is -2.10. The van der Waals surface area contributed by atoms with Gasteiger partial charge in [-0.3, -0.25) is 4.79 Å². The molecule has 0 heterocycles. The van der Waals surface area contributed by atoms with Crippen molar-refractivity contribution in [2.45, 2.75) is 6.18 Å². The van der Waals surface area contributed by atoms with Gasteiger partial charge in [0.2, 0.25) is 0 Å². The first kappa shape index (κ1) is 18.3. The molecule has 8 heteroatoms. The highest BCUT2D eigenvalue weighted by molar-refractivity contribution is 5.93. The highest BCUT2D eigenvalue weighted by Crippen LogP contribution is 2.37. The van der Waals surface area contributed by atoms with Gasteiger partial charge in [-0.15, -0.1) is 0 Å². The van der Waals surface area contributed by atoms with Crippen molar-refractivity contribution in [3.05, 3.63) is 53.1 Å². The highest BCUT2D eigenvalue weighted by atomic mass is 19.4. The molecule has 0 amide bonds. The van der Waals surface area contributed by atoms with E-state index in [2.05, 4.69) is 4.74 Å². The van der Waals surface area contributed by atoms with Gasteiger partial charge in [0.25, 0.3) is 0 Å². The van der Waals surface area contributed by atoms with Crippen molar-refractivity contribution in [1.82, 2.24) is 0 Å². The summed E-state index contributed by atoms with van der Waals surface area (Å²) in [6, 6.07) is 6.68. The van der Waals surface area contributed by atoms with Gasteiger partial charge in [-0.25, -0.2) is 4.79 Å². The summed E-state index contributed by atoms with van der Waals surface area (Å²) in [5.74, 6) is -0.820. The van der Waals surface area contributed by atoms with E-state index in [4.69, 9.17) is 9.47 Å². The van der Waals surface area contributed by atoms with E-state index >= 15 is 0 Å². The maximum absolute atomic E-state index is 12.8. The predicted molar refractivity (Wildman–Crippen MR) is 81.2 cm³/mol. The van der Waals surface area contributed by atoms with Crippen LogP contribution in [0, 0.1) is 0 Å². The first-order valence-electron chi connectivity index (χ1n) is 6.90. The van der Waals surface area contributed by atoms with Crippen LogP contribution in [0.25, 0.3) is 0 Å². The smallest absolute Gasteiger partial charge is 0.416 e. The number of hydrogen-bond donors (Lipinski definition) is 0. The normalized spacial score (nSPS) is 10.9. The molecular weight excluding hydrogens is 341 g/mol. The summed E-state index contributed by atoms with van der Waals surface area (Å²) >= 11 is 0. The Kier molecular flexibility index (Phi) is 5.31. The van der Waals surface area contributed by atoms with Crippen molar-refractivity contribution in [2.75, 3.05) is 14.2 Å². The number of hydrogen-bond acceptors (Lipinski definition) is 5. The molecule has 0 unspecified atom stereocenters. The number of esters is 1. The zero-order valence-corrected chi connectivity index (χ0v) is 13.2. The molecule has 0 atom stereocenters. The Morgan fingerprint density at radius 2 is 1.68 bits per heavy atom. The number of alkyl halides is 3. The minimum absolute atomic E-state index is 0.123. The van der Waals surface area contributed by atoms with Crippen molar-refractivity contribution in [3.63, 3.8) is 0 Å². The van der Waals surface area contributed by atoms with Gasteiger partial charge >= 0.3 is 12.1 Å². The van der Waals surface area contributed by atoms with E-state index in [0.717, 1.165) is 19.2 Å². The molecule has 0 aliphatic rings. The van der Waals surface area contributed by atoms with Crippen LogP contribution < -0.4 is 9.47 Å². The molecule has 2 aromatic rings. The third kappa shape index (κ3) is 4.09. The van der Waals surface area contributed by atoms with Gasteiger partial charge in [0.1, 0.15) is 17.6 Å². The number of rotatable bonds is 5. The lowest BCUT2D eigenvalue weighted by molar-refractivity contribution is -0.137. The lowest BCUT2D eigenvalue weighted by Gasteiger charge is -2.15. The third-order valence-corrected chi connectivity index (χ3v) is 3.26. The quantitative estimate of drug-likeness (QED) is 0.597. The average molecular weight is 354 g/mol. The molecule has 0 bridgehead atoms. The maximum Gasteiger partial charge on any atom is 0.416 e. The van der Waals surface area contributed by atoms with Crippen LogP contribution >= 0.6 is 0 Å². The van der Waals surface area contributed by atoms with Gasteiger partial charge < -0.3 is 14.2 Å². The van der Waals surface area contributed by atoms with Crippen LogP contribution in [-0.4, -0.2) is 26.5 Å². The third-order valence-electron chi connectivity index (χ3n) is 3.26. The first-order valence-corrected chi connectivity index (χ1v) is 6.90. The van der Waals surface area contributed by atoms with Gasteiger partial charge in [-0.2, -0.15) is 13.2 Å². The average Bonchev–Trinajstić information content (AvgIpc) is 2.60. The molecule has 2 rings (SSSR count). The number of methoxy groups -OCH3 is 2. The molecule has 0 spiro atoms. The van der Waals surface area contributed by atoms with Crippen molar-refractivity contribution >= 4 is 12.3 Å². The molecule has 0 N–H and O–H groups in total. The van der Waals surface area contributed by atoms with E-state index in [1.54, 1.807) is 0 Å². The van der Waals surface area contributed by atoms with Crippen LogP contribution in [0.15, 0.2) is 36.4 Å². The Morgan fingerprint density at radius 3 is 2.24 bits per heavy atom. The molecule has 25 heavy (non-hydrogen) atoms. The predicted octanol–water partition coefficient (Wildman–Crippen LogP) is 4.11. The molecule has 0 saturated heterocycles. The van der Waals surface area contributed by atoms with E-state index in [-0.39, 0.29) is 22.8 Å². The maximum atomic E-state index is 12.8. The van der Waals surface area contributed by atoms with Crippen molar-refractivity contribution in [2.24, 2.45) is 0 Å². The molecule has 0 aliphatic carbocycles. The monoisotopic (exact) mass is 354 g/mol. The number of aldehydes is 1. The Hall–Kier alpha value is -3.03. The fourth-order valence-electron chi connectivity index (χ4n) is 2.03. The number of benzene rings is 2. The van der Waals surface area contributed by atoms with Crippen LogP contribution in [-0.2, 0) is 10.9 Å². The minimum Gasteiger partial charge on any atom is -0.493 e. The molecule has 2 aromatic carbocycles. The van der Waals surface area contributed by atoms with Crippen LogP contribution in [0.3, 0.4) is 0 Å². The fourth-order valence-corrected chi connectivity index (χ4v) is 2.03. The van der Waals surface area contributed by atoms with Crippen LogP contribution in [0.5, 0.6) is 17.2 Å². The van der Waals surface area contributed by atoms with E-state index < -0.39 is 17.7 Å². The number of carbonyl (C=O) groups is 2. The second-order valence-corrected chi connectivity index (χ2v) is 4.83. The van der Waals surface area contributed by atoms with Crippen LogP contribution in [0.1, 0.15) is 26.3 Å². The first-order chi connectivity index (χ1) is 11.8. The Bertz CT molecular complexity index is 799. The summed E-state index contributed by atoms with van der Waals surface area (Å²) in [7, 11) is 2.39. The molecule has 0 saturated carbocycles. The summed E-state index contributed by atoms with van der Waals surface area (Å²) < 4.78 is 53.7. The van der Waals surface area contributed by atoms with Crippen molar-refractivity contribution in [3.8, 4) is 17.2 Å². The summed E-state index contributed by atoms with van der Waals surface area (Å²) in [6.45, 7) is 0. The molecule has 0 aromatic heterocycles. The second kappa shape index (κ2) is 7.25. The molecule has 132 valence electrons. The van der Waals surface area contributed by atoms with Gasteiger partial charge in [-0.1, -0.05) is 0 Å². The number of carbonyl (C=O) groups excluding carboxylic acids is 2. The molecule has 5 nitrogen and oxygen atoms in total. The molecule has 0 aliphatic heterocycles. The van der Waals surface area contributed by atoms with Crippen molar-refractivity contribution in [1.29, 1.82) is 0 Å². The summed E-state index contributed by atoms with van der Waals surface area (Å²) in [6.07, 6.45) is -4.02. The zero-order valence-electron chi connectivity index (χ0n) is 13.2. The zero-order chi connectivity index (χ0) is 18.6. The Balaban J connectivity index is 2.49. The molecule has 0 radical (unpaired) electrons. The van der Waals surface area contributed by atoms with Gasteiger partial charge in [0.05, 0.1) is 19.8 Å². The van der Waals surface area contributed by atoms with Crippen LogP contribution in [0.2, 0.25) is 0 Å². The molecule has 0 fully saturated rings. The van der Waals surface area contributed by atoms with Gasteiger partial charge in [0.15, 0.2) is 11.5 Å². The topological polar surface area (TPSA) is 61.8 Å². The standard InChI is InChI=1S/C17H13F3O5/c1-23-15-7-10(9-21)3-5-14(15)25-13-6-4-11(17(18,19)20)8-12(13)16(22)24-2/h3-9H,1-2H3. The summed E-state index contributed by atoms with van der Waals surface area (Å²) in [4.78, 5) is 22.6. The SMILES string of the molecule is COC(=O)c1cc(C(F)(F)F)ccc1Oc1ccc(C=O)cc1OC. The van der Waals surface area contributed by atoms with Crippen molar-refractivity contribution < 1.29 is 37.0 Å². The Labute approximate surface area is 140 Å². The highest BCUT2D eigenvalue weighted by Gasteiger charge is 2.32. The van der Waals surface area contributed by atoms with E-state index in [1.807, 2.05) is 0 Å². The van der Waals surface area contributed by atoms with Gasteiger partial charge in [0, 0.05) is 5.56 Å². The van der Waals surface area contributed by atoms with E-state index in [1.165, 1.54) is 25.3 Å². The summed E-state index contributed by atoms with van der Waals surface area (Å²) in [5.41, 5.74) is -1.08. The lowest BCUT2D eigenvalue weighted by atomic mass is 10.1. The molecular formula is C17H13F3O5. The summed E-state index contributed by atoms with van der Waals surface area (Å²) in [5, 5.41) is 0. The fraction of sp³-hybridized carbons (Fsp3) is 0.176. The van der Waals surface area contributed by atoms with Gasteiger partial charge in [-0.05, 0) is 36.4 Å². The van der Waals surface area contributed by atoms with E-state index in [9.17, 15) is 22.8 Å². The minimum atomic E-state index is -4.62. The van der Waals surface area contributed by atoms with E-state index in [0.29, 0.717) is 17.9 Å². The second-order valence-electron chi connectivity index (χ2n) is 4.83. The number of ether oxygens (including phenoxy) is 3. The largest absolute Gasteiger partial charge is 0.493 e.